The lowest BCUT2D eigenvalue weighted by molar-refractivity contribution is -0.143. The summed E-state index contributed by atoms with van der Waals surface area (Å²) in [5.74, 6) is 1.03. The first kappa shape index (κ1) is 20.8. The van der Waals surface area contributed by atoms with Crippen molar-refractivity contribution in [3.8, 4) is 5.75 Å². The molecular weight excluding hydrogens is 370 g/mol. The number of piperidine rings is 1. The maximum absolute atomic E-state index is 13.2. The number of ether oxygens (including phenoxy) is 1. The Morgan fingerprint density at radius 2 is 2.14 bits per heavy atom. The van der Waals surface area contributed by atoms with Crippen LogP contribution in [-0.4, -0.2) is 45.1 Å². The second-order valence-corrected chi connectivity index (χ2v) is 7.35. The third kappa shape index (κ3) is 4.58. The molecule has 1 aliphatic rings. The Bertz CT molecular complexity index is 850. The standard InChI is InChI=1S/C21H29N5O3/c1-4-5-12-26-19(27)11-10-16(20(26)15-8-6-7-9-17(15)29-3)21(28)22-13-18-24-23-14-25(18)2/h6-9,14,16,20H,4-5,10-13H2,1-3H3,(H,22,28)/t16-,20+/m1/s1. The molecule has 0 bridgehead atoms. The predicted octanol–water partition coefficient (Wildman–Crippen LogP) is 2.22. The third-order valence-electron chi connectivity index (χ3n) is 5.48. The van der Waals surface area contributed by atoms with Crippen LogP contribution >= 0.6 is 0 Å². The topological polar surface area (TPSA) is 89.4 Å². The van der Waals surface area contributed by atoms with Crippen LogP contribution in [0, 0.1) is 5.92 Å². The molecule has 1 aromatic carbocycles. The minimum atomic E-state index is -0.353. The first-order chi connectivity index (χ1) is 14.1. The van der Waals surface area contributed by atoms with Crippen LogP contribution in [-0.2, 0) is 23.2 Å². The highest BCUT2D eigenvalue weighted by Crippen LogP contribution is 2.40. The minimum Gasteiger partial charge on any atom is -0.496 e. The number of carbonyl (C=O) groups excluding carboxylic acids is 2. The molecule has 8 nitrogen and oxygen atoms in total. The second-order valence-electron chi connectivity index (χ2n) is 7.35. The van der Waals surface area contributed by atoms with E-state index in [1.807, 2.05) is 36.2 Å². The van der Waals surface area contributed by atoms with E-state index >= 15 is 0 Å². The van der Waals surface area contributed by atoms with E-state index in [1.54, 1.807) is 18.0 Å². The molecule has 29 heavy (non-hydrogen) atoms. The summed E-state index contributed by atoms with van der Waals surface area (Å²) in [6.45, 7) is 3.02. The molecular formula is C21H29N5O3. The normalized spacial score (nSPS) is 19.3. The fraction of sp³-hybridized carbons (Fsp3) is 0.524. The summed E-state index contributed by atoms with van der Waals surface area (Å²) < 4.78 is 7.33. The van der Waals surface area contributed by atoms with Gasteiger partial charge in [-0.1, -0.05) is 31.5 Å². The van der Waals surface area contributed by atoms with Crippen LogP contribution in [0.3, 0.4) is 0 Å². The number of unbranched alkanes of at least 4 members (excludes halogenated alkanes) is 1. The maximum atomic E-state index is 13.2. The van der Waals surface area contributed by atoms with E-state index in [0.717, 1.165) is 18.4 Å². The van der Waals surface area contributed by atoms with Crippen LogP contribution < -0.4 is 10.1 Å². The number of nitrogens with zero attached hydrogens (tertiary/aromatic N) is 4. The van der Waals surface area contributed by atoms with Crippen molar-refractivity contribution in [3.63, 3.8) is 0 Å². The van der Waals surface area contributed by atoms with Crippen molar-refractivity contribution < 1.29 is 14.3 Å². The van der Waals surface area contributed by atoms with Gasteiger partial charge in [-0.25, -0.2) is 0 Å². The van der Waals surface area contributed by atoms with Crippen molar-refractivity contribution in [2.45, 2.75) is 45.2 Å². The summed E-state index contributed by atoms with van der Waals surface area (Å²) >= 11 is 0. The zero-order chi connectivity index (χ0) is 20.8. The number of hydrogen-bond acceptors (Lipinski definition) is 5. The zero-order valence-electron chi connectivity index (χ0n) is 17.3. The number of aryl methyl sites for hydroxylation is 1. The minimum absolute atomic E-state index is 0.0853. The fourth-order valence-electron chi connectivity index (χ4n) is 3.88. The van der Waals surface area contributed by atoms with E-state index in [2.05, 4.69) is 22.4 Å². The zero-order valence-corrected chi connectivity index (χ0v) is 17.3. The lowest BCUT2D eigenvalue weighted by atomic mass is 9.83. The Labute approximate surface area is 171 Å². The molecule has 1 saturated heterocycles. The molecule has 2 atom stereocenters. The number of para-hydroxylation sites is 1. The Morgan fingerprint density at radius 3 is 2.83 bits per heavy atom. The molecule has 2 heterocycles. The molecule has 0 unspecified atom stereocenters. The molecule has 0 aliphatic carbocycles. The molecule has 1 aliphatic heterocycles. The smallest absolute Gasteiger partial charge is 0.225 e. The summed E-state index contributed by atoms with van der Waals surface area (Å²) in [4.78, 5) is 27.8. The first-order valence-corrected chi connectivity index (χ1v) is 10.1. The molecule has 3 rings (SSSR count). The average molecular weight is 399 g/mol. The van der Waals surface area contributed by atoms with Crippen molar-refractivity contribution in [2.75, 3.05) is 13.7 Å². The highest BCUT2D eigenvalue weighted by atomic mass is 16.5. The van der Waals surface area contributed by atoms with Crippen LogP contribution in [0.1, 0.15) is 50.0 Å². The number of rotatable bonds is 8. The molecule has 0 radical (unpaired) electrons. The van der Waals surface area contributed by atoms with Gasteiger partial charge in [0, 0.05) is 25.6 Å². The summed E-state index contributed by atoms with van der Waals surface area (Å²) in [6, 6.07) is 7.29. The van der Waals surface area contributed by atoms with Crippen molar-refractivity contribution in [1.82, 2.24) is 25.0 Å². The van der Waals surface area contributed by atoms with Crippen molar-refractivity contribution in [3.05, 3.63) is 42.0 Å². The monoisotopic (exact) mass is 399 g/mol. The van der Waals surface area contributed by atoms with Gasteiger partial charge in [0.2, 0.25) is 11.8 Å². The summed E-state index contributed by atoms with van der Waals surface area (Å²) in [6.07, 6.45) is 4.35. The Kier molecular flexibility index (Phi) is 6.85. The van der Waals surface area contributed by atoms with Crippen molar-refractivity contribution >= 4 is 11.8 Å². The van der Waals surface area contributed by atoms with Crippen LogP contribution in [0.5, 0.6) is 5.75 Å². The lowest BCUT2D eigenvalue weighted by Crippen LogP contribution is -2.48. The predicted molar refractivity (Wildman–Crippen MR) is 108 cm³/mol. The quantitative estimate of drug-likeness (QED) is 0.735. The fourth-order valence-corrected chi connectivity index (χ4v) is 3.88. The molecule has 0 saturated carbocycles. The number of nitrogens with one attached hydrogen (secondary N) is 1. The van der Waals surface area contributed by atoms with Crippen molar-refractivity contribution in [1.29, 1.82) is 0 Å². The largest absolute Gasteiger partial charge is 0.496 e. The Hall–Kier alpha value is -2.90. The SMILES string of the molecule is CCCCN1C(=O)CC[C@@H](C(=O)NCc2nncn2C)[C@@H]1c1ccccc1OC. The van der Waals surface area contributed by atoms with Gasteiger partial charge in [-0.3, -0.25) is 9.59 Å². The van der Waals surface area contributed by atoms with Gasteiger partial charge in [0.05, 0.1) is 25.6 Å². The Balaban J connectivity index is 1.89. The summed E-state index contributed by atoms with van der Waals surface area (Å²) in [5.41, 5.74) is 0.873. The number of benzene rings is 1. The van der Waals surface area contributed by atoms with Crippen LogP contribution in [0.4, 0.5) is 0 Å². The van der Waals surface area contributed by atoms with Crippen LogP contribution in [0.2, 0.25) is 0 Å². The highest BCUT2D eigenvalue weighted by molar-refractivity contribution is 5.85. The number of likely N-dealkylation sites (tertiary alicyclic amines) is 1. The maximum Gasteiger partial charge on any atom is 0.225 e. The first-order valence-electron chi connectivity index (χ1n) is 10.1. The van der Waals surface area contributed by atoms with Gasteiger partial charge < -0.3 is 19.5 Å². The number of hydrogen-bond donors (Lipinski definition) is 1. The van der Waals surface area contributed by atoms with Gasteiger partial charge in [0.1, 0.15) is 12.1 Å². The van der Waals surface area contributed by atoms with E-state index in [1.165, 1.54) is 0 Å². The third-order valence-corrected chi connectivity index (χ3v) is 5.48. The van der Waals surface area contributed by atoms with Gasteiger partial charge in [-0.2, -0.15) is 0 Å². The highest BCUT2D eigenvalue weighted by Gasteiger charge is 2.41. The molecule has 2 amide bonds. The summed E-state index contributed by atoms with van der Waals surface area (Å²) in [5, 5.41) is 10.8. The van der Waals surface area contributed by atoms with Gasteiger partial charge in [0.15, 0.2) is 5.82 Å². The van der Waals surface area contributed by atoms with E-state index < -0.39 is 0 Å². The van der Waals surface area contributed by atoms with E-state index in [-0.39, 0.29) is 23.8 Å². The van der Waals surface area contributed by atoms with E-state index in [9.17, 15) is 9.59 Å². The summed E-state index contributed by atoms with van der Waals surface area (Å²) in [7, 11) is 3.45. The molecule has 2 aromatic rings. The molecule has 1 fully saturated rings. The number of carbonyl (C=O) groups is 2. The van der Waals surface area contributed by atoms with Crippen LogP contribution in [0.25, 0.3) is 0 Å². The van der Waals surface area contributed by atoms with Crippen molar-refractivity contribution in [2.24, 2.45) is 13.0 Å². The molecule has 1 N–H and O–H groups in total. The second kappa shape index (κ2) is 9.54. The number of amides is 2. The lowest BCUT2D eigenvalue weighted by Gasteiger charge is -2.41. The van der Waals surface area contributed by atoms with Crippen LogP contribution in [0.15, 0.2) is 30.6 Å². The average Bonchev–Trinajstić information content (AvgIpc) is 3.15. The molecule has 8 heteroatoms. The molecule has 0 spiro atoms. The van der Waals surface area contributed by atoms with E-state index in [4.69, 9.17) is 4.74 Å². The van der Waals surface area contributed by atoms with Gasteiger partial charge >= 0.3 is 0 Å². The van der Waals surface area contributed by atoms with Gasteiger partial charge in [-0.05, 0) is 18.9 Å². The van der Waals surface area contributed by atoms with Gasteiger partial charge in [0.25, 0.3) is 0 Å². The molecule has 156 valence electrons. The number of aromatic nitrogens is 3. The Morgan fingerprint density at radius 1 is 1.34 bits per heavy atom. The van der Waals surface area contributed by atoms with Gasteiger partial charge in [-0.15, -0.1) is 10.2 Å². The molecule has 1 aromatic heterocycles. The number of methoxy groups -OCH3 is 1. The van der Waals surface area contributed by atoms with E-state index in [0.29, 0.717) is 37.5 Å².